The predicted octanol–water partition coefficient (Wildman–Crippen LogP) is 4.37. The Kier molecular flexibility index (Phi) is 7.46. The van der Waals surface area contributed by atoms with Gasteiger partial charge in [-0.05, 0) is 70.9 Å². The highest BCUT2D eigenvalue weighted by molar-refractivity contribution is 6.10. The number of piperidine rings is 2. The van der Waals surface area contributed by atoms with E-state index in [9.17, 15) is 4.79 Å². The first-order valence-electron chi connectivity index (χ1n) is 12.8. The van der Waals surface area contributed by atoms with Crippen LogP contribution in [0.3, 0.4) is 0 Å². The Morgan fingerprint density at radius 2 is 1.62 bits per heavy atom. The van der Waals surface area contributed by atoms with Crippen molar-refractivity contribution in [1.82, 2.24) is 25.3 Å². The minimum atomic E-state index is -0.0752. The topological polar surface area (TPSA) is 61.4 Å². The molecule has 6 nitrogen and oxygen atoms in total. The number of benzene rings is 2. The summed E-state index contributed by atoms with van der Waals surface area (Å²) in [5, 5.41) is 12.8. The minimum absolute atomic E-state index is 0.0752. The van der Waals surface area contributed by atoms with E-state index in [-0.39, 0.29) is 5.91 Å². The summed E-state index contributed by atoms with van der Waals surface area (Å²) in [4.78, 5) is 18.6. The fourth-order valence-corrected chi connectivity index (χ4v) is 5.47. The molecular weight excluding hydrogens is 422 g/mol. The SMILES string of the molecule is O=C(NCCCN1CCC(N2CCCCC2)CC1)c1c(-c2ccccc2)nnc2ccccc12. The van der Waals surface area contributed by atoms with Crippen LogP contribution in [0.15, 0.2) is 54.6 Å². The van der Waals surface area contributed by atoms with E-state index >= 15 is 0 Å². The fraction of sp³-hybridized carbons (Fsp3) is 0.464. The van der Waals surface area contributed by atoms with Crippen LogP contribution in [0.5, 0.6) is 0 Å². The van der Waals surface area contributed by atoms with Gasteiger partial charge in [0, 0.05) is 23.5 Å². The number of aromatic nitrogens is 2. The van der Waals surface area contributed by atoms with Gasteiger partial charge >= 0.3 is 0 Å². The second-order valence-electron chi connectivity index (χ2n) is 9.59. The number of hydrogen-bond acceptors (Lipinski definition) is 5. The molecule has 0 saturated carbocycles. The molecular formula is C28H35N5O. The van der Waals surface area contributed by atoms with Crippen LogP contribution in [0.4, 0.5) is 0 Å². The van der Waals surface area contributed by atoms with Crippen molar-refractivity contribution in [1.29, 1.82) is 0 Å². The summed E-state index contributed by atoms with van der Waals surface area (Å²) in [7, 11) is 0. The number of hydrogen-bond donors (Lipinski definition) is 1. The van der Waals surface area contributed by atoms with Crippen LogP contribution in [0, 0.1) is 0 Å². The van der Waals surface area contributed by atoms with Gasteiger partial charge in [0.1, 0.15) is 5.69 Å². The smallest absolute Gasteiger partial charge is 0.254 e. The van der Waals surface area contributed by atoms with Crippen LogP contribution in [0.1, 0.15) is 48.9 Å². The lowest BCUT2D eigenvalue weighted by Gasteiger charge is -2.40. The average Bonchev–Trinajstić information content (AvgIpc) is 2.91. The maximum atomic E-state index is 13.3. The molecule has 1 N–H and O–H groups in total. The van der Waals surface area contributed by atoms with Gasteiger partial charge < -0.3 is 15.1 Å². The van der Waals surface area contributed by atoms with Gasteiger partial charge in [0.05, 0.1) is 11.1 Å². The van der Waals surface area contributed by atoms with Crippen LogP contribution in [-0.4, -0.2) is 71.2 Å². The summed E-state index contributed by atoms with van der Waals surface area (Å²) < 4.78 is 0. The van der Waals surface area contributed by atoms with Crippen molar-refractivity contribution in [2.45, 2.75) is 44.6 Å². The predicted molar refractivity (Wildman–Crippen MR) is 137 cm³/mol. The van der Waals surface area contributed by atoms with Gasteiger partial charge in [0.15, 0.2) is 0 Å². The number of likely N-dealkylation sites (tertiary alicyclic amines) is 2. The average molecular weight is 458 g/mol. The van der Waals surface area contributed by atoms with Gasteiger partial charge in [-0.3, -0.25) is 4.79 Å². The number of carbonyl (C=O) groups is 1. The van der Waals surface area contributed by atoms with Crippen LogP contribution in [-0.2, 0) is 0 Å². The summed E-state index contributed by atoms with van der Waals surface area (Å²) >= 11 is 0. The lowest BCUT2D eigenvalue weighted by molar-refractivity contribution is 0.0903. The summed E-state index contributed by atoms with van der Waals surface area (Å²) in [5.74, 6) is -0.0752. The molecule has 3 aromatic rings. The molecule has 0 bridgehead atoms. The van der Waals surface area contributed by atoms with Crippen molar-refractivity contribution in [3.8, 4) is 11.3 Å². The molecule has 178 valence electrons. The van der Waals surface area contributed by atoms with Crippen molar-refractivity contribution in [2.75, 3.05) is 39.3 Å². The fourth-order valence-electron chi connectivity index (χ4n) is 5.47. The molecule has 2 saturated heterocycles. The molecule has 0 spiro atoms. The van der Waals surface area contributed by atoms with Gasteiger partial charge in [0.25, 0.3) is 5.91 Å². The zero-order valence-corrected chi connectivity index (χ0v) is 20.0. The first-order valence-corrected chi connectivity index (χ1v) is 12.8. The normalized spacial score (nSPS) is 18.2. The van der Waals surface area contributed by atoms with Gasteiger partial charge in [-0.1, -0.05) is 55.0 Å². The zero-order valence-electron chi connectivity index (χ0n) is 20.0. The molecule has 2 aliphatic heterocycles. The molecule has 34 heavy (non-hydrogen) atoms. The second kappa shape index (κ2) is 11.1. The third kappa shape index (κ3) is 5.29. The van der Waals surface area contributed by atoms with E-state index in [2.05, 4.69) is 25.3 Å². The highest BCUT2D eigenvalue weighted by Crippen LogP contribution is 2.27. The van der Waals surface area contributed by atoms with Crippen molar-refractivity contribution in [3.05, 3.63) is 60.2 Å². The number of fused-ring (bicyclic) bond motifs is 1. The number of amides is 1. The Morgan fingerprint density at radius 3 is 2.41 bits per heavy atom. The third-order valence-electron chi connectivity index (χ3n) is 7.34. The van der Waals surface area contributed by atoms with Crippen molar-refractivity contribution < 1.29 is 4.79 Å². The Balaban J connectivity index is 1.17. The van der Waals surface area contributed by atoms with Crippen LogP contribution in [0.25, 0.3) is 22.2 Å². The highest BCUT2D eigenvalue weighted by Gasteiger charge is 2.25. The van der Waals surface area contributed by atoms with E-state index in [1.165, 1.54) is 58.3 Å². The van der Waals surface area contributed by atoms with Crippen molar-refractivity contribution in [2.24, 2.45) is 0 Å². The molecule has 0 unspecified atom stereocenters. The maximum Gasteiger partial charge on any atom is 0.254 e. The van der Waals surface area contributed by atoms with E-state index in [0.717, 1.165) is 35.5 Å². The molecule has 1 amide bonds. The van der Waals surface area contributed by atoms with Gasteiger partial charge in [-0.15, -0.1) is 10.2 Å². The summed E-state index contributed by atoms with van der Waals surface area (Å²) in [5.41, 5.74) is 2.89. The summed E-state index contributed by atoms with van der Waals surface area (Å²) in [6.07, 6.45) is 7.65. The maximum absolute atomic E-state index is 13.3. The summed E-state index contributed by atoms with van der Waals surface area (Å²) in [6, 6.07) is 18.3. The molecule has 5 rings (SSSR count). The lowest BCUT2D eigenvalue weighted by atomic mass is 10.00. The number of nitrogens with zero attached hydrogens (tertiary/aromatic N) is 4. The van der Waals surface area contributed by atoms with E-state index < -0.39 is 0 Å². The van der Waals surface area contributed by atoms with Gasteiger partial charge in [-0.25, -0.2) is 0 Å². The molecule has 1 aromatic heterocycles. The molecule has 3 heterocycles. The molecule has 2 aliphatic rings. The number of nitrogens with one attached hydrogen (secondary N) is 1. The van der Waals surface area contributed by atoms with Crippen LogP contribution < -0.4 is 5.32 Å². The summed E-state index contributed by atoms with van der Waals surface area (Å²) in [6.45, 7) is 6.63. The molecule has 6 heteroatoms. The largest absolute Gasteiger partial charge is 0.352 e. The van der Waals surface area contributed by atoms with E-state index in [4.69, 9.17) is 0 Å². The first-order chi connectivity index (χ1) is 16.8. The van der Waals surface area contributed by atoms with Gasteiger partial charge in [0.2, 0.25) is 0 Å². The number of rotatable bonds is 7. The zero-order chi connectivity index (χ0) is 23.2. The monoisotopic (exact) mass is 457 g/mol. The lowest BCUT2D eigenvalue weighted by Crippen LogP contribution is -2.47. The Hall–Kier alpha value is -2.83. The molecule has 0 radical (unpaired) electrons. The van der Waals surface area contributed by atoms with Crippen molar-refractivity contribution in [3.63, 3.8) is 0 Å². The number of carbonyl (C=O) groups excluding carboxylic acids is 1. The standard InChI is InChI=1S/C28H35N5O/c34-28(29-16-9-17-32-20-14-23(15-21-32)33-18-7-2-8-19-33)26-24-12-5-6-13-25(24)30-31-27(26)22-10-3-1-4-11-22/h1,3-6,10-13,23H,2,7-9,14-21H2,(H,29,34). The van der Waals surface area contributed by atoms with Crippen LogP contribution >= 0.6 is 0 Å². The first kappa shape index (κ1) is 22.9. The van der Waals surface area contributed by atoms with Crippen LogP contribution in [0.2, 0.25) is 0 Å². The highest BCUT2D eigenvalue weighted by atomic mass is 16.1. The van der Waals surface area contributed by atoms with E-state index in [1.54, 1.807) is 0 Å². The quantitative estimate of drug-likeness (QED) is 0.534. The van der Waals surface area contributed by atoms with E-state index in [1.807, 2.05) is 54.6 Å². The Labute approximate surface area is 202 Å². The molecule has 2 fully saturated rings. The molecule has 0 aliphatic carbocycles. The van der Waals surface area contributed by atoms with Gasteiger partial charge in [-0.2, -0.15) is 0 Å². The second-order valence-corrected chi connectivity index (χ2v) is 9.59. The Bertz CT molecular complexity index is 1090. The van der Waals surface area contributed by atoms with E-state index in [0.29, 0.717) is 17.8 Å². The van der Waals surface area contributed by atoms with Crippen molar-refractivity contribution >= 4 is 16.8 Å². The molecule has 2 aromatic carbocycles. The third-order valence-corrected chi connectivity index (χ3v) is 7.34. The Morgan fingerprint density at radius 1 is 0.882 bits per heavy atom. The molecule has 0 atom stereocenters. The minimum Gasteiger partial charge on any atom is -0.352 e.